The average Bonchev–Trinajstić information content (AvgIpc) is 3.53. The highest BCUT2D eigenvalue weighted by Crippen LogP contribution is 2.23. The van der Waals surface area contributed by atoms with Crippen LogP contribution in [0.5, 0.6) is 0 Å². The predicted octanol–water partition coefficient (Wildman–Crippen LogP) is 2.79. The van der Waals surface area contributed by atoms with Crippen molar-refractivity contribution in [3.8, 4) is 10.8 Å². The van der Waals surface area contributed by atoms with Gasteiger partial charge in [0.25, 0.3) is 5.91 Å². The fourth-order valence-corrected chi connectivity index (χ4v) is 4.84. The molecule has 1 aromatic carbocycles. The third kappa shape index (κ3) is 4.96. The maximum Gasteiger partial charge on any atom is 0.251 e. The molecular formula is C20H21N3O5S2. The summed E-state index contributed by atoms with van der Waals surface area (Å²) in [5.74, 6) is 0.103. The monoisotopic (exact) mass is 447 g/mol. The van der Waals surface area contributed by atoms with E-state index >= 15 is 0 Å². The van der Waals surface area contributed by atoms with E-state index in [1.54, 1.807) is 12.1 Å². The van der Waals surface area contributed by atoms with Crippen LogP contribution in [0, 0.1) is 0 Å². The maximum atomic E-state index is 12.5. The van der Waals surface area contributed by atoms with E-state index in [1.807, 2.05) is 17.5 Å². The third-order valence-corrected chi connectivity index (χ3v) is 6.92. The van der Waals surface area contributed by atoms with E-state index in [0.717, 1.165) is 17.7 Å². The van der Waals surface area contributed by atoms with E-state index in [1.165, 1.54) is 29.7 Å². The van der Waals surface area contributed by atoms with Crippen molar-refractivity contribution in [2.24, 2.45) is 0 Å². The molecule has 0 saturated carbocycles. The van der Waals surface area contributed by atoms with Crippen LogP contribution in [0.3, 0.4) is 0 Å². The summed E-state index contributed by atoms with van der Waals surface area (Å²) in [5, 5.41) is 4.66. The number of oxazole rings is 1. The lowest BCUT2D eigenvalue weighted by Crippen LogP contribution is -2.32. The van der Waals surface area contributed by atoms with E-state index in [9.17, 15) is 13.2 Å². The lowest BCUT2D eigenvalue weighted by atomic mass is 10.2. The lowest BCUT2D eigenvalue weighted by Gasteiger charge is -2.12. The van der Waals surface area contributed by atoms with E-state index in [2.05, 4.69) is 15.0 Å². The van der Waals surface area contributed by atoms with E-state index in [-0.39, 0.29) is 29.7 Å². The first-order chi connectivity index (χ1) is 14.5. The lowest BCUT2D eigenvalue weighted by molar-refractivity contribution is 0.0950. The molecule has 0 bridgehead atoms. The molecule has 1 saturated heterocycles. The zero-order valence-electron chi connectivity index (χ0n) is 16.0. The molecule has 3 heterocycles. The summed E-state index contributed by atoms with van der Waals surface area (Å²) >= 11 is 1.51. The minimum absolute atomic E-state index is 0.0366. The second kappa shape index (κ2) is 9.09. The van der Waals surface area contributed by atoms with Crippen LogP contribution in [0.1, 0.15) is 28.9 Å². The standard InChI is InChI=1S/C20H21N3O5S2/c24-19(21-11-15-13-28-20(23-15)18-7-3-9-29-18)14-4-1-6-17(10-14)30(25,26)22-12-16-5-2-8-27-16/h1,3-4,6-7,9-10,13,16,22H,2,5,8,11-12H2,(H,21,24)/t16-/m1/s1. The summed E-state index contributed by atoms with van der Waals surface area (Å²) in [6.45, 7) is 1.04. The van der Waals surface area contributed by atoms with Crippen LogP contribution >= 0.6 is 11.3 Å². The highest BCUT2D eigenvalue weighted by atomic mass is 32.2. The van der Waals surface area contributed by atoms with Crippen molar-refractivity contribution in [1.29, 1.82) is 0 Å². The Morgan fingerprint density at radius 3 is 2.93 bits per heavy atom. The number of benzene rings is 1. The van der Waals surface area contributed by atoms with Gasteiger partial charge in [-0.15, -0.1) is 11.3 Å². The molecule has 3 aromatic rings. The molecule has 30 heavy (non-hydrogen) atoms. The molecule has 1 aliphatic heterocycles. The second-order valence-electron chi connectivity index (χ2n) is 6.82. The molecule has 1 aliphatic rings. The Balaban J connectivity index is 1.37. The summed E-state index contributed by atoms with van der Waals surface area (Å²) in [5.41, 5.74) is 0.825. The number of hydrogen-bond acceptors (Lipinski definition) is 7. The van der Waals surface area contributed by atoms with Gasteiger partial charge in [-0.25, -0.2) is 18.1 Å². The molecule has 158 valence electrons. The van der Waals surface area contributed by atoms with Gasteiger partial charge in [0.15, 0.2) is 0 Å². The van der Waals surface area contributed by atoms with Gasteiger partial charge in [-0.05, 0) is 42.5 Å². The highest BCUT2D eigenvalue weighted by molar-refractivity contribution is 7.89. The maximum absolute atomic E-state index is 12.5. The van der Waals surface area contributed by atoms with Crippen molar-refractivity contribution in [1.82, 2.24) is 15.0 Å². The normalized spacial score (nSPS) is 16.6. The van der Waals surface area contributed by atoms with Gasteiger partial charge in [0.1, 0.15) is 6.26 Å². The Bertz CT molecular complexity index is 1100. The van der Waals surface area contributed by atoms with Crippen LogP contribution in [-0.4, -0.2) is 38.6 Å². The first-order valence-electron chi connectivity index (χ1n) is 9.49. The number of amides is 1. The number of aromatic nitrogens is 1. The number of hydrogen-bond donors (Lipinski definition) is 2. The smallest absolute Gasteiger partial charge is 0.251 e. The summed E-state index contributed by atoms with van der Waals surface area (Å²) in [6.07, 6.45) is 3.15. The number of carbonyl (C=O) groups is 1. The van der Waals surface area contributed by atoms with Crippen LogP contribution in [0.4, 0.5) is 0 Å². The van der Waals surface area contributed by atoms with Gasteiger partial charge < -0.3 is 14.5 Å². The van der Waals surface area contributed by atoms with Crippen LogP contribution in [0.15, 0.2) is 57.4 Å². The summed E-state index contributed by atoms with van der Waals surface area (Å²) < 4.78 is 38.5. The summed E-state index contributed by atoms with van der Waals surface area (Å²) in [6, 6.07) is 9.72. The van der Waals surface area contributed by atoms with Gasteiger partial charge in [0, 0.05) is 18.7 Å². The zero-order chi connectivity index (χ0) is 21.0. The molecule has 2 aromatic heterocycles. The Labute approximate surface area is 178 Å². The van der Waals surface area contributed by atoms with Crippen molar-refractivity contribution in [3.63, 3.8) is 0 Å². The Hall–Kier alpha value is -2.53. The fourth-order valence-electron chi connectivity index (χ4n) is 3.07. The van der Waals surface area contributed by atoms with Crippen molar-refractivity contribution < 1.29 is 22.4 Å². The number of carbonyl (C=O) groups excluding carboxylic acids is 1. The van der Waals surface area contributed by atoms with Crippen molar-refractivity contribution in [2.75, 3.05) is 13.2 Å². The first-order valence-corrected chi connectivity index (χ1v) is 11.9. The number of thiophene rings is 1. The Kier molecular flexibility index (Phi) is 6.28. The van der Waals surface area contributed by atoms with Gasteiger partial charge >= 0.3 is 0 Å². The quantitative estimate of drug-likeness (QED) is 0.549. The van der Waals surface area contributed by atoms with Gasteiger partial charge in [-0.2, -0.15) is 0 Å². The average molecular weight is 448 g/mol. The SMILES string of the molecule is O=C(NCc1coc(-c2cccs2)n1)c1cccc(S(=O)(=O)NC[C@H]2CCCO2)c1. The molecule has 0 spiro atoms. The van der Waals surface area contributed by atoms with Crippen molar-refractivity contribution >= 4 is 27.3 Å². The minimum Gasteiger partial charge on any atom is -0.443 e. The van der Waals surface area contributed by atoms with Gasteiger partial charge in [0.2, 0.25) is 15.9 Å². The molecule has 1 amide bonds. The number of sulfonamides is 1. The van der Waals surface area contributed by atoms with E-state index < -0.39 is 15.9 Å². The third-order valence-electron chi connectivity index (χ3n) is 4.65. The molecule has 0 aliphatic carbocycles. The number of rotatable bonds is 8. The highest BCUT2D eigenvalue weighted by Gasteiger charge is 2.21. The Morgan fingerprint density at radius 2 is 2.17 bits per heavy atom. The number of nitrogens with zero attached hydrogens (tertiary/aromatic N) is 1. The largest absolute Gasteiger partial charge is 0.443 e. The second-order valence-corrected chi connectivity index (χ2v) is 9.53. The van der Waals surface area contributed by atoms with Gasteiger partial charge in [-0.3, -0.25) is 4.79 Å². The topological polar surface area (TPSA) is 111 Å². The molecule has 2 N–H and O–H groups in total. The summed E-state index contributed by atoms with van der Waals surface area (Å²) in [7, 11) is -3.73. The van der Waals surface area contributed by atoms with E-state index in [4.69, 9.17) is 9.15 Å². The van der Waals surface area contributed by atoms with Gasteiger partial charge in [0.05, 0.1) is 28.1 Å². The van der Waals surface area contributed by atoms with Crippen molar-refractivity contribution in [3.05, 3.63) is 59.3 Å². The first kappa shape index (κ1) is 20.7. The number of nitrogens with one attached hydrogen (secondary N) is 2. The molecule has 8 nitrogen and oxygen atoms in total. The van der Waals surface area contributed by atoms with E-state index in [0.29, 0.717) is 18.2 Å². The Morgan fingerprint density at radius 1 is 1.27 bits per heavy atom. The van der Waals surface area contributed by atoms with Crippen LogP contribution in [0.2, 0.25) is 0 Å². The van der Waals surface area contributed by atoms with Crippen LogP contribution < -0.4 is 10.0 Å². The molecule has 10 heteroatoms. The minimum atomic E-state index is -3.73. The zero-order valence-corrected chi connectivity index (χ0v) is 17.7. The molecule has 4 rings (SSSR count). The van der Waals surface area contributed by atoms with Gasteiger partial charge in [-0.1, -0.05) is 12.1 Å². The van der Waals surface area contributed by atoms with Crippen LogP contribution in [-0.2, 0) is 21.3 Å². The molecule has 0 unspecified atom stereocenters. The molecule has 0 radical (unpaired) electrons. The predicted molar refractivity (Wildman–Crippen MR) is 112 cm³/mol. The molecule has 1 fully saturated rings. The molecule has 1 atom stereocenters. The number of ether oxygens (including phenoxy) is 1. The molecular weight excluding hydrogens is 426 g/mol. The summed E-state index contributed by atoms with van der Waals surface area (Å²) in [4.78, 5) is 17.8. The fraction of sp³-hybridized carbons (Fsp3) is 0.300. The van der Waals surface area contributed by atoms with Crippen molar-refractivity contribution in [2.45, 2.75) is 30.4 Å². The van der Waals surface area contributed by atoms with Crippen LogP contribution in [0.25, 0.3) is 10.8 Å².